The number of aryl methyl sites for hydroxylation is 1. The number of aromatic nitrogens is 5. The van der Waals surface area contributed by atoms with Crippen LogP contribution in [-0.4, -0.2) is 66.0 Å². The summed E-state index contributed by atoms with van der Waals surface area (Å²) in [5, 5.41) is 20.0. The predicted octanol–water partition coefficient (Wildman–Crippen LogP) is 3.25. The normalized spacial score (nSPS) is 14.2. The van der Waals surface area contributed by atoms with Gasteiger partial charge in [0.15, 0.2) is 0 Å². The largest absolute Gasteiger partial charge is 0.497 e. The Morgan fingerprint density at radius 3 is 2.77 bits per heavy atom. The van der Waals surface area contributed by atoms with Crippen molar-refractivity contribution in [1.82, 2.24) is 34.5 Å². The summed E-state index contributed by atoms with van der Waals surface area (Å²) in [4.78, 5) is 36.4. The Labute approximate surface area is 233 Å². The first kappa shape index (κ1) is 27.1. The van der Waals surface area contributed by atoms with Gasteiger partial charge in [-0.25, -0.2) is 19.2 Å². The van der Waals surface area contributed by atoms with Crippen molar-refractivity contribution in [2.45, 2.75) is 25.6 Å². The minimum absolute atomic E-state index is 0.161. The maximum Gasteiger partial charge on any atom is 0.329 e. The lowest BCUT2D eigenvalue weighted by molar-refractivity contribution is -0.126. The Kier molecular flexibility index (Phi) is 7.41. The van der Waals surface area contributed by atoms with Gasteiger partial charge in [0.1, 0.15) is 23.4 Å². The topological polar surface area (TPSA) is 139 Å². The van der Waals surface area contributed by atoms with E-state index in [9.17, 15) is 19.1 Å². The highest BCUT2D eigenvalue weighted by molar-refractivity contribution is 6.32. The number of halogens is 2. The van der Waals surface area contributed by atoms with E-state index in [4.69, 9.17) is 16.3 Å². The second-order valence-corrected chi connectivity index (χ2v) is 9.61. The van der Waals surface area contributed by atoms with E-state index < -0.39 is 36.4 Å². The Morgan fingerprint density at radius 1 is 1.30 bits per heavy atom. The van der Waals surface area contributed by atoms with Crippen LogP contribution >= 0.6 is 11.6 Å². The zero-order valence-corrected chi connectivity index (χ0v) is 22.6. The Balaban J connectivity index is 1.30. The Hall–Kier alpha value is -4.49. The van der Waals surface area contributed by atoms with Gasteiger partial charge in [0.05, 0.1) is 49.4 Å². The monoisotopic (exact) mass is 568 g/mol. The van der Waals surface area contributed by atoms with E-state index in [0.29, 0.717) is 39.3 Å². The number of ether oxygens (including phenoxy) is 1. The van der Waals surface area contributed by atoms with Crippen LogP contribution in [0.4, 0.5) is 21.0 Å². The summed E-state index contributed by atoms with van der Waals surface area (Å²) in [6, 6.07) is 5.30. The summed E-state index contributed by atoms with van der Waals surface area (Å²) in [7, 11) is 3.17. The minimum atomic E-state index is -0.892. The van der Waals surface area contributed by atoms with Gasteiger partial charge in [-0.3, -0.25) is 14.0 Å². The van der Waals surface area contributed by atoms with Crippen LogP contribution in [0.3, 0.4) is 0 Å². The molecule has 3 aromatic heterocycles. The van der Waals surface area contributed by atoms with Gasteiger partial charge in [0.25, 0.3) is 0 Å². The van der Waals surface area contributed by atoms with Crippen LogP contribution in [0.15, 0.2) is 48.9 Å². The van der Waals surface area contributed by atoms with Crippen LogP contribution in [0.25, 0.3) is 11.3 Å². The average Bonchev–Trinajstić information content (AvgIpc) is 3.63. The number of anilines is 2. The smallest absolute Gasteiger partial charge is 0.329 e. The molecular formula is C26H26ClFN8O4. The van der Waals surface area contributed by atoms with Crippen LogP contribution < -0.4 is 15.4 Å². The number of aliphatic hydroxyl groups is 1. The van der Waals surface area contributed by atoms with Gasteiger partial charge in [0, 0.05) is 36.6 Å². The minimum Gasteiger partial charge on any atom is -0.497 e. The van der Waals surface area contributed by atoms with Gasteiger partial charge in [-0.05, 0) is 30.7 Å². The van der Waals surface area contributed by atoms with E-state index in [-0.39, 0.29) is 12.3 Å². The molecule has 0 aliphatic carbocycles. The molecule has 0 fully saturated rings. The van der Waals surface area contributed by atoms with Crippen LogP contribution in [-0.2, 0) is 18.4 Å². The lowest BCUT2D eigenvalue weighted by Crippen LogP contribution is -2.47. The molecular weight excluding hydrogens is 543 g/mol. The maximum absolute atomic E-state index is 14.0. The van der Waals surface area contributed by atoms with E-state index in [1.165, 1.54) is 41.0 Å². The van der Waals surface area contributed by atoms with Gasteiger partial charge in [-0.1, -0.05) is 11.6 Å². The van der Waals surface area contributed by atoms with Crippen molar-refractivity contribution in [2.24, 2.45) is 7.05 Å². The van der Waals surface area contributed by atoms with Crippen molar-refractivity contribution < 1.29 is 23.8 Å². The number of carbonyl (C=O) groups is 2. The molecule has 14 heteroatoms. The summed E-state index contributed by atoms with van der Waals surface area (Å²) in [5.41, 5.74) is 2.03. The van der Waals surface area contributed by atoms with Gasteiger partial charge < -0.3 is 25.4 Å². The van der Waals surface area contributed by atoms with E-state index >= 15 is 0 Å². The molecule has 4 heterocycles. The lowest BCUT2D eigenvalue weighted by atomic mass is 10.1. The molecule has 208 valence electrons. The molecule has 5 rings (SSSR count). The molecule has 0 bridgehead atoms. The molecule has 2 atom stereocenters. The number of methoxy groups -OCH3 is 1. The number of nitrogens with one attached hydrogen (secondary N) is 2. The van der Waals surface area contributed by atoms with Crippen LogP contribution in [0, 0.1) is 5.82 Å². The number of rotatable bonds is 9. The second kappa shape index (κ2) is 10.9. The summed E-state index contributed by atoms with van der Waals surface area (Å²) >= 11 is 6.39. The molecule has 1 aliphatic rings. The highest BCUT2D eigenvalue weighted by atomic mass is 35.5. The number of benzene rings is 1. The molecule has 1 aliphatic heterocycles. The molecule has 0 saturated heterocycles. The van der Waals surface area contributed by atoms with Gasteiger partial charge in [0.2, 0.25) is 11.9 Å². The molecule has 0 saturated carbocycles. The number of aliphatic hydroxyl groups excluding tert-OH is 1. The molecule has 1 aromatic carbocycles. The van der Waals surface area contributed by atoms with Crippen LogP contribution in [0.1, 0.15) is 24.2 Å². The fourth-order valence-corrected chi connectivity index (χ4v) is 4.63. The lowest BCUT2D eigenvalue weighted by Gasteiger charge is -2.25. The fourth-order valence-electron chi connectivity index (χ4n) is 4.43. The van der Waals surface area contributed by atoms with Gasteiger partial charge in [-0.15, -0.1) is 0 Å². The van der Waals surface area contributed by atoms with Crippen molar-refractivity contribution in [1.29, 1.82) is 0 Å². The van der Waals surface area contributed by atoms with Crippen molar-refractivity contribution in [2.75, 3.05) is 19.0 Å². The number of amides is 2. The first-order valence-corrected chi connectivity index (χ1v) is 12.6. The third-order valence-corrected chi connectivity index (χ3v) is 6.92. The highest BCUT2D eigenvalue weighted by Gasteiger charge is 2.35. The number of hydrogen-bond donors (Lipinski definition) is 3. The second-order valence-electron chi connectivity index (χ2n) is 9.20. The van der Waals surface area contributed by atoms with Crippen molar-refractivity contribution in [3.8, 4) is 17.0 Å². The highest BCUT2D eigenvalue weighted by Crippen LogP contribution is 2.32. The quantitative estimate of drug-likeness (QED) is 0.280. The molecule has 0 spiro atoms. The van der Waals surface area contributed by atoms with E-state index in [2.05, 4.69) is 25.7 Å². The van der Waals surface area contributed by atoms with E-state index in [0.717, 1.165) is 0 Å². The first-order valence-electron chi connectivity index (χ1n) is 12.2. The van der Waals surface area contributed by atoms with Gasteiger partial charge in [-0.2, -0.15) is 5.10 Å². The first-order chi connectivity index (χ1) is 19.2. The van der Waals surface area contributed by atoms with Crippen molar-refractivity contribution in [3.63, 3.8) is 0 Å². The molecule has 0 unspecified atom stereocenters. The van der Waals surface area contributed by atoms with E-state index in [1.54, 1.807) is 43.2 Å². The molecule has 4 aromatic rings. The molecule has 12 nitrogen and oxygen atoms in total. The number of fused-ring (bicyclic) bond motifs is 1. The Bertz CT molecular complexity index is 1590. The fraction of sp³-hybridized carbons (Fsp3) is 0.269. The van der Waals surface area contributed by atoms with Crippen LogP contribution in [0.5, 0.6) is 5.75 Å². The molecule has 3 N–H and O–H groups in total. The predicted molar refractivity (Wildman–Crippen MR) is 144 cm³/mol. The van der Waals surface area contributed by atoms with E-state index in [1.807, 2.05) is 0 Å². The summed E-state index contributed by atoms with van der Waals surface area (Å²) in [6.07, 6.45) is 4.72. The third kappa shape index (κ3) is 5.20. The van der Waals surface area contributed by atoms with Crippen LogP contribution in [0.2, 0.25) is 5.02 Å². The van der Waals surface area contributed by atoms with Gasteiger partial charge >= 0.3 is 6.03 Å². The number of nitrogens with zero attached hydrogens (tertiary/aromatic N) is 6. The summed E-state index contributed by atoms with van der Waals surface area (Å²) in [6.45, 7) is 1.27. The van der Waals surface area contributed by atoms with Crippen molar-refractivity contribution >= 4 is 35.3 Å². The summed E-state index contributed by atoms with van der Waals surface area (Å²) in [5.74, 6) is 0.173. The zero-order valence-electron chi connectivity index (χ0n) is 21.8. The summed E-state index contributed by atoms with van der Waals surface area (Å²) < 4.78 is 22.1. The molecule has 40 heavy (non-hydrogen) atoms. The molecule has 0 radical (unpaired) electrons. The maximum atomic E-state index is 14.0. The number of carbonyl (C=O) groups excluding carboxylic acids is 2. The standard InChI is InChI=1S/C26H26ClFN8O4/c1-14(24(38)31-21(13-37)15-6-17(28)9-19(8-15)40-3)35-12-18-7-16(11-36(18)26(35)39)23-20(27)10-29-25(33-23)32-22-4-5-30-34(22)2/h4-11,14,21,37H,12-13H2,1-3H3,(H,31,38)(H,29,32,33)/t14-,21+/m0/s1. The Morgan fingerprint density at radius 2 is 2.10 bits per heavy atom. The average molecular weight is 569 g/mol. The SMILES string of the molecule is COc1cc(F)cc([C@@H](CO)NC(=O)[C@H](C)N2Cc3cc(-c4nc(Nc5ccnn5C)ncc4Cl)cn3C2=O)c1. The zero-order chi connectivity index (χ0) is 28.6. The third-order valence-electron chi connectivity index (χ3n) is 6.64. The molecule has 2 amide bonds. The number of hydrogen-bond acceptors (Lipinski definition) is 8. The van der Waals surface area contributed by atoms with Crippen molar-refractivity contribution in [3.05, 3.63) is 71.0 Å².